The molecule has 2 rings (SSSR count). The van der Waals surface area contributed by atoms with Gasteiger partial charge in [-0.15, -0.1) is 0 Å². The molecular formula is C16H19FN2O. The van der Waals surface area contributed by atoms with Crippen molar-refractivity contribution in [2.75, 3.05) is 31.1 Å². The quantitative estimate of drug-likeness (QED) is 0.625. The molecule has 3 nitrogen and oxygen atoms in total. The number of nitrogens with zero attached hydrogens (tertiary/aromatic N) is 2. The molecule has 106 valence electrons. The third-order valence-electron chi connectivity index (χ3n) is 3.33. The van der Waals surface area contributed by atoms with Crippen molar-refractivity contribution >= 4 is 11.6 Å². The highest BCUT2D eigenvalue weighted by molar-refractivity contribution is 5.88. The third-order valence-corrected chi connectivity index (χ3v) is 3.33. The lowest BCUT2D eigenvalue weighted by Gasteiger charge is -2.35. The average molecular weight is 274 g/mol. The Hall–Kier alpha value is -2.10. The van der Waals surface area contributed by atoms with Gasteiger partial charge in [0.2, 0.25) is 5.91 Å². The smallest absolute Gasteiger partial charge is 0.246 e. The fraction of sp³-hybridized carbons (Fsp3) is 0.312. The Morgan fingerprint density at radius 3 is 2.35 bits per heavy atom. The molecule has 1 aliphatic rings. The molecule has 1 fully saturated rings. The van der Waals surface area contributed by atoms with Crippen molar-refractivity contribution in [3.8, 4) is 0 Å². The monoisotopic (exact) mass is 274 g/mol. The van der Waals surface area contributed by atoms with Gasteiger partial charge in [0.15, 0.2) is 0 Å². The molecule has 1 amide bonds. The molecule has 0 N–H and O–H groups in total. The van der Waals surface area contributed by atoms with Crippen molar-refractivity contribution < 1.29 is 9.18 Å². The second-order valence-corrected chi connectivity index (χ2v) is 4.67. The van der Waals surface area contributed by atoms with E-state index in [1.807, 2.05) is 24.0 Å². The van der Waals surface area contributed by atoms with Gasteiger partial charge in [0.25, 0.3) is 0 Å². The third kappa shape index (κ3) is 3.70. The number of carbonyl (C=O) groups excluding carboxylic acids is 1. The normalized spacial score (nSPS) is 16.3. The first-order valence-corrected chi connectivity index (χ1v) is 6.79. The Labute approximate surface area is 119 Å². The molecule has 1 aliphatic heterocycles. The van der Waals surface area contributed by atoms with E-state index in [0.717, 1.165) is 18.8 Å². The summed E-state index contributed by atoms with van der Waals surface area (Å²) in [6.45, 7) is 4.84. The van der Waals surface area contributed by atoms with Crippen molar-refractivity contribution in [2.45, 2.75) is 6.92 Å². The number of rotatable bonds is 3. The predicted octanol–water partition coefficient (Wildman–Crippen LogP) is 2.61. The summed E-state index contributed by atoms with van der Waals surface area (Å²) in [6.07, 6.45) is 7.07. The summed E-state index contributed by atoms with van der Waals surface area (Å²) >= 11 is 0. The molecule has 0 aliphatic carbocycles. The molecule has 1 aromatic carbocycles. The highest BCUT2D eigenvalue weighted by Gasteiger charge is 2.19. The number of benzene rings is 1. The Bertz CT molecular complexity index is 500. The summed E-state index contributed by atoms with van der Waals surface area (Å²) in [5, 5.41) is 0. The SMILES string of the molecule is CC=CC=CC(=O)N1CCN(c2ccc(F)cc2)CC1. The number of piperazine rings is 1. The van der Waals surface area contributed by atoms with Crippen LogP contribution >= 0.6 is 0 Å². The number of halogens is 1. The van der Waals surface area contributed by atoms with E-state index in [4.69, 9.17) is 0 Å². The molecule has 20 heavy (non-hydrogen) atoms. The number of anilines is 1. The van der Waals surface area contributed by atoms with Crippen LogP contribution in [0, 0.1) is 5.82 Å². The van der Waals surface area contributed by atoms with E-state index in [2.05, 4.69) is 4.90 Å². The molecule has 0 radical (unpaired) electrons. The molecule has 1 aromatic rings. The van der Waals surface area contributed by atoms with Crippen LogP contribution in [0.5, 0.6) is 0 Å². The second kappa shape index (κ2) is 6.89. The van der Waals surface area contributed by atoms with Crippen molar-refractivity contribution in [1.82, 2.24) is 4.90 Å². The van der Waals surface area contributed by atoms with Crippen LogP contribution in [0.4, 0.5) is 10.1 Å². The second-order valence-electron chi connectivity index (χ2n) is 4.67. The van der Waals surface area contributed by atoms with Gasteiger partial charge < -0.3 is 9.80 Å². The summed E-state index contributed by atoms with van der Waals surface area (Å²) in [6, 6.07) is 6.48. The molecule has 0 bridgehead atoms. The lowest BCUT2D eigenvalue weighted by Crippen LogP contribution is -2.48. The van der Waals surface area contributed by atoms with Crippen molar-refractivity contribution in [3.63, 3.8) is 0 Å². The fourth-order valence-electron chi connectivity index (χ4n) is 2.19. The van der Waals surface area contributed by atoms with E-state index >= 15 is 0 Å². The van der Waals surface area contributed by atoms with Crippen LogP contribution in [-0.4, -0.2) is 37.0 Å². The Morgan fingerprint density at radius 2 is 1.75 bits per heavy atom. The zero-order valence-corrected chi connectivity index (χ0v) is 11.6. The standard InChI is InChI=1S/C16H19FN2O/c1-2-3-4-5-16(20)19-12-10-18(11-13-19)15-8-6-14(17)7-9-15/h2-9H,10-13H2,1H3. The largest absolute Gasteiger partial charge is 0.368 e. The maximum absolute atomic E-state index is 12.9. The molecular weight excluding hydrogens is 255 g/mol. The number of allylic oxidation sites excluding steroid dienone is 3. The van der Waals surface area contributed by atoms with Gasteiger partial charge in [-0.25, -0.2) is 4.39 Å². The molecule has 1 saturated heterocycles. The van der Waals surface area contributed by atoms with E-state index in [1.54, 1.807) is 24.3 Å². The molecule has 0 spiro atoms. The zero-order chi connectivity index (χ0) is 14.4. The molecule has 1 heterocycles. The number of hydrogen-bond donors (Lipinski definition) is 0. The van der Waals surface area contributed by atoms with Gasteiger partial charge in [0, 0.05) is 37.9 Å². The van der Waals surface area contributed by atoms with Crippen LogP contribution in [0.25, 0.3) is 0 Å². The highest BCUT2D eigenvalue weighted by Crippen LogP contribution is 2.16. The van der Waals surface area contributed by atoms with Crippen molar-refractivity contribution in [2.24, 2.45) is 0 Å². The van der Waals surface area contributed by atoms with E-state index in [-0.39, 0.29) is 11.7 Å². The summed E-state index contributed by atoms with van der Waals surface area (Å²) < 4.78 is 12.9. The lowest BCUT2D eigenvalue weighted by molar-refractivity contribution is -0.126. The van der Waals surface area contributed by atoms with Crippen LogP contribution in [0.3, 0.4) is 0 Å². The summed E-state index contributed by atoms with van der Waals surface area (Å²) in [4.78, 5) is 15.9. The highest BCUT2D eigenvalue weighted by atomic mass is 19.1. The Morgan fingerprint density at radius 1 is 1.10 bits per heavy atom. The Kier molecular flexibility index (Phi) is 4.93. The van der Waals surface area contributed by atoms with Gasteiger partial charge >= 0.3 is 0 Å². The molecule has 0 saturated carbocycles. The first-order valence-electron chi connectivity index (χ1n) is 6.79. The van der Waals surface area contributed by atoms with Gasteiger partial charge in [-0.1, -0.05) is 18.2 Å². The van der Waals surface area contributed by atoms with Crippen LogP contribution in [0.2, 0.25) is 0 Å². The first kappa shape index (κ1) is 14.3. The number of carbonyl (C=O) groups is 1. The van der Waals surface area contributed by atoms with E-state index in [0.29, 0.717) is 13.1 Å². The minimum absolute atomic E-state index is 0.0434. The van der Waals surface area contributed by atoms with Crippen LogP contribution in [0.1, 0.15) is 6.92 Å². The van der Waals surface area contributed by atoms with Crippen molar-refractivity contribution in [3.05, 3.63) is 54.4 Å². The van der Waals surface area contributed by atoms with E-state index in [1.165, 1.54) is 12.1 Å². The van der Waals surface area contributed by atoms with Gasteiger partial charge in [0.1, 0.15) is 5.82 Å². The lowest BCUT2D eigenvalue weighted by atomic mass is 10.2. The number of hydrogen-bond acceptors (Lipinski definition) is 2. The van der Waals surface area contributed by atoms with Gasteiger partial charge in [0.05, 0.1) is 0 Å². The van der Waals surface area contributed by atoms with E-state index < -0.39 is 0 Å². The van der Waals surface area contributed by atoms with E-state index in [9.17, 15) is 9.18 Å². The average Bonchev–Trinajstić information content (AvgIpc) is 2.48. The molecule has 0 atom stereocenters. The predicted molar refractivity (Wildman–Crippen MR) is 79.1 cm³/mol. The first-order chi connectivity index (χ1) is 9.70. The maximum Gasteiger partial charge on any atom is 0.246 e. The van der Waals surface area contributed by atoms with Crippen LogP contribution in [-0.2, 0) is 4.79 Å². The molecule has 0 unspecified atom stereocenters. The number of amides is 1. The minimum Gasteiger partial charge on any atom is -0.368 e. The summed E-state index contributed by atoms with van der Waals surface area (Å²) in [5.41, 5.74) is 1.00. The van der Waals surface area contributed by atoms with Crippen molar-refractivity contribution in [1.29, 1.82) is 0 Å². The van der Waals surface area contributed by atoms with Gasteiger partial charge in [-0.2, -0.15) is 0 Å². The Balaban J connectivity index is 1.89. The summed E-state index contributed by atoms with van der Waals surface area (Å²) in [7, 11) is 0. The molecule has 0 aromatic heterocycles. The van der Waals surface area contributed by atoms with Crippen LogP contribution in [0.15, 0.2) is 48.6 Å². The minimum atomic E-state index is -0.225. The topological polar surface area (TPSA) is 23.6 Å². The fourth-order valence-corrected chi connectivity index (χ4v) is 2.19. The van der Waals surface area contributed by atoms with Gasteiger partial charge in [-0.3, -0.25) is 4.79 Å². The van der Waals surface area contributed by atoms with Crippen LogP contribution < -0.4 is 4.90 Å². The van der Waals surface area contributed by atoms with Gasteiger partial charge in [-0.05, 0) is 31.2 Å². The zero-order valence-electron chi connectivity index (χ0n) is 11.6. The molecule has 4 heteroatoms. The summed E-state index contributed by atoms with van der Waals surface area (Å²) in [5.74, 6) is -0.182. The maximum atomic E-state index is 12.9.